The highest BCUT2D eigenvalue weighted by Gasteiger charge is 2.51. The molecule has 2 bridgehead atoms. The lowest BCUT2D eigenvalue weighted by Crippen LogP contribution is -2.64. The summed E-state index contributed by atoms with van der Waals surface area (Å²) in [5, 5.41) is 14.3. The number of nitrogens with zero attached hydrogens (tertiary/aromatic N) is 2. The lowest BCUT2D eigenvalue weighted by Gasteiger charge is -2.43. The van der Waals surface area contributed by atoms with E-state index < -0.39 is 6.10 Å². The van der Waals surface area contributed by atoms with Gasteiger partial charge in [-0.05, 0) is 30.8 Å². The van der Waals surface area contributed by atoms with Crippen molar-refractivity contribution in [3.05, 3.63) is 30.1 Å². The molecular weight excluding hydrogens is 282 g/mol. The molecular formula is C16H25N3O3. The molecule has 5 unspecified atom stereocenters. The Balaban J connectivity index is 1.70. The second kappa shape index (κ2) is 7.02. The predicted octanol–water partition coefficient (Wildman–Crippen LogP) is 0.366. The third-order valence-electron chi connectivity index (χ3n) is 4.66. The Bertz CT molecular complexity index is 467. The molecule has 5 atom stereocenters. The molecule has 3 heterocycles. The van der Waals surface area contributed by atoms with Crippen molar-refractivity contribution in [3.63, 3.8) is 0 Å². The SMILES string of the molecule is CCN(CC)C1C2OCC(O2)C(NCc2ccncc2)C1O. The van der Waals surface area contributed by atoms with E-state index in [0.29, 0.717) is 13.2 Å². The maximum Gasteiger partial charge on any atom is 0.176 e. The lowest BCUT2D eigenvalue weighted by molar-refractivity contribution is -0.181. The van der Waals surface area contributed by atoms with E-state index in [1.807, 2.05) is 12.1 Å². The molecule has 1 aromatic rings. The normalized spacial score (nSPS) is 34.3. The van der Waals surface area contributed by atoms with Crippen LogP contribution in [0.3, 0.4) is 0 Å². The van der Waals surface area contributed by atoms with Crippen molar-refractivity contribution in [1.82, 2.24) is 15.2 Å². The Morgan fingerprint density at radius 2 is 2.05 bits per heavy atom. The molecule has 3 rings (SSSR count). The minimum absolute atomic E-state index is 0.0892. The fraction of sp³-hybridized carbons (Fsp3) is 0.688. The van der Waals surface area contributed by atoms with E-state index in [2.05, 4.69) is 29.0 Å². The van der Waals surface area contributed by atoms with Crippen LogP contribution in [0.4, 0.5) is 0 Å². The first-order valence-electron chi connectivity index (χ1n) is 8.06. The van der Waals surface area contributed by atoms with E-state index in [1.54, 1.807) is 12.4 Å². The summed E-state index contributed by atoms with van der Waals surface area (Å²) in [6.45, 7) is 7.13. The van der Waals surface area contributed by atoms with Crippen molar-refractivity contribution in [2.24, 2.45) is 0 Å². The van der Waals surface area contributed by atoms with Crippen molar-refractivity contribution >= 4 is 0 Å². The molecule has 2 saturated heterocycles. The number of aliphatic hydroxyl groups excluding tert-OH is 1. The van der Waals surface area contributed by atoms with Gasteiger partial charge in [0.25, 0.3) is 0 Å². The van der Waals surface area contributed by atoms with Gasteiger partial charge in [0.2, 0.25) is 0 Å². The maximum absolute atomic E-state index is 10.8. The van der Waals surface area contributed by atoms with E-state index in [4.69, 9.17) is 9.47 Å². The molecule has 122 valence electrons. The number of aromatic nitrogens is 1. The van der Waals surface area contributed by atoms with Gasteiger partial charge in [-0.3, -0.25) is 9.88 Å². The van der Waals surface area contributed by atoms with Gasteiger partial charge in [-0.15, -0.1) is 0 Å². The molecule has 6 heteroatoms. The number of aliphatic hydroxyl groups is 1. The number of ether oxygens (including phenoxy) is 2. The van der Waals surface area contributed by atoms with E-state index in [9.17, 15) is 5.11 Å². The van der Waals surface area contributed by atoms with Crippen LogP contribution in [0.15, 0.2) is 24.5 Å². The first-order chi connectivity index (χ1) is 10.7. The summed E-state index contributed by atoms with van der Waals surface area (Å²) in [6.07, 6.45) is 2.64. The van der Waals surface area contributed by atoms with E-state index >= 15 is 0 Å². The van der Waals surface area contributed by atoms with Gasteiger partial charge >= 0.3 is 0 Å². The molecule has 0 radical (unpaired) electrons. The van der Waals surface area contributed by atoms with Gasteiger partial charge in [0.05, 0.1) is 24.8 Å². The largest absolute Gasteiger partial charge is 0.390 e. The van der Waals surface area contributed by atoms with E-state index in [0.717, 1.165) is 18.7 Å². The second-order valence-electron chi connectivity index (χ2n) is 5.84. The zero-order valence-electron chi connectivity index (χ0n) is 13.2. The van der Waals surface area contributed by atoms with Gasteiger partial charge in [-0.2, -0.15) is 0 Å². The van der Waals surface area contributed by atoms with Gasteiger partial charge in [0.15, 0.2) is 6.29 Å². The fourth-order valence-corrected chi connectivity index (χ4v) is 3.42. The average Bonchev–Trinajstić information content (AvgIpc) is 2.97. The minimum atomic E-state index is -0.506. The van der Waals surface area contributed by atoms with Crippen molar-refractivity contribution in [2.75, 3.05) is 19.7 Å². The van der Waals surface area contributed by atoms with E-state index in [-0.39, 0.29) is 24.5 Å². The van der Waals surface area contributed by atoms with Gasteiger partial charge in [-0.25, -0.2) is 0 Å². The van der Waals surface area contributed by atoms with Crippen LogP contribution in [-0.2, 0) is 16.0 Å². The van der Waals surface area contributed by atoms with Crippen LogP contribution >= 0.6 is 0 Å². The number of pyridine rings is 1. The summed E-state index contributed by atoms with van der Waals surface area (Å²) < 4.78 is 11.7. The Hall–Kier alpha value is -1.05. The van der Waals surface area contributed by atoms with Gasteiger partial charge < -0.3 is 19.9 Å². The Kier molecular flexibility index (Phi) is 5.05. The van der Waals surface area contributed by atoms with Crippen LogP contribution in [0.5, 0.6) is 0 Å². The van der Waals surface area contributed by atoms with Crippen LogP contribution in [0.2, 0.25) is 0 Å². The molecule has 2 fully saturated rings. The number of fused-ring (bicyclic) bond motifs is 2. The summed E-state index contributed by atoms with van der Waals surface area (Å²) in [6, 6.07) is 3.69. The molecule has 2 aliphatic heterocycles. The molecule has 0 amide bonds. The Morgan fingerprint density at radius 3 is 2.73 bits per heavy atom. The maximum atomic E-state index is 10.8. The number of hydrogen-bond acceptors (Lipinski definition) is 6. The monoisotopic (exact) mass is 307 g/mol. The predicted molar refractivity (Wildman–Crippen MR) is 82.2 cm³/mol. The third kappa shape index (κ3) is 3.02. The number of likely N-dealkylation sites (N-methyl/N-ethyl adjacent to an activating group) is 1. The van der Waals surface area contributed by atoms with Crippen LogP contribution in [-0.4, -0.2) is 65.3 Å². The quantitative estimate of drug-likeness (QED) is 0.791. The number of rotatable bonds is 6. The highest BCUT2D eigenvalue weighted by Crippen LogP contribution is 2.31. The molecule has 0 aromatic carbocycles. The number of nitrogens with one attached hydrogen (secondary N) is 1. The molecule has 6 nitrogen and oxygen atoms in total. The molecule has 22 heavy (non-hydrogen) atoms. The van der Waals surface area contributed by atoms with Gasteiger partial charge in [0.1, 0.15) is 6.10 Å². The summed E-state index contributed by atoms with van der Waals surface area (Å²) >= 11 is 0. The van der Waals surface area contributed by atoms with Crippen LogP contribution < -0.4 is 5.32 Å². The standard InChI is InChI=1S/C16H25N3O3/c1-3-19(4-2)14-15(20)13(12-10-21-16(14)22-12)18-9-11-5-7-17-8-6-11/h5-8,12-16,18,20H,3-4,9-10H2,1-2H3. The van der Waals surface area contributed by atoms with E-state index in [1.165, 1.54) is 0 Å². The summed E-state index contributed by atoms with van der Waals surface area (Å²) in [4.78, 5) is 6.23. The summed E-state index contributed by atoms with van der Waals surface area (Å²) in [5.74, 6) is 0. The average molecular weight is 307 g/mol. The lowest BCUT2D eigenvalue weighted by atomic mass is 9.94. The van der Waals surface area contributed by atoms with Crippen LogP contribution in [0.1, 0.15) is 19.4 Å². The van der Waals surface area contributed by atoms with Crippen molar-refractivity contribution in [2.45, 2.75) is 51.0 Å². The molecule has 2 aliphatic rings. The zero-order valence-corrected chi connectivity index (χ0v) is 13.2. The van der Waals surface area contributed by atoms with Gasteiger partial charge in [-0.1, -0.05) is 13.8 Å². The highest BCUT2D eigenvalue weighted by molar-refractivity contribution is 5.10. The van der Waals surface area contributed by atoms with Gasteiger partial charge in [0, 0.05) is 18.9 Å². The number of hydrogen-bond donors (Lipinski definition) is 2. The first-order valence-corrected chi connectivity index (χ1v) is 8.06. The molecule has 0 aliphatic carbocycles. The first kappa shape index (κ1) is 15.8. The summed E-state index contributed by atoms with van der Waals surface area (Å²) in [7, 11) is 0. The second-order valence-corrected chi connectivity index (χ2v) is 5.84. The van der Waals surface area contributed by atoms with Crippen LogP contribution in [0, 0.1) is 0 Å². The third-order valence-corrected chi connectivity index (χ3v) is 4.66. The highest BCUT2D eigenvalue weighted by atomic mass is 16.7. The zero-order chi connectivity index (χ0) is 15.5. The van der Waals surface area contributed by atoms with Crippen LogP contribution in [0.25, 0.3) is 0 Å². The van der Waals surface area contributed by atoms with Crippen molar-refractivity contribution in [1.29, 1.82) is 0 Å². The molecule has 1 aromatic heterocycles. The minimum Gasteiger partial charge on any atom is -0.390 e. The molecule has 0 saturated carbocycles. The topological polar surface area (TPSA) is 66.9 Å². The molecule has 2 N–H and O–H groups in total. The fourth-order valence-electron chi connectivity index (χ4n) is 3.42. The van der Waals surface area contributed by atoms with Crippen molar-refractivity contribution < 1.29 is 14.6 Å². The summed E-state index contributed by atoms with van der Waals surface area (Å²) in [5.41, 5.74) is 1.14. The van der Waals surface area contributed by atoms with Crippen molar-refractivity contribution in [3.8, 4) is 0 Å². The Labute approximate surface area is 131 Å². The Morgan fingerprint density at radius 1 is 1.32 bits per heavy atom. The molecule has 0 spiro atoms. The smallest absolute Gasteiger partial charge is 0.176 e.